The van der Waals surface area contributed by atoms with Gasteiger partial charge in [-0.1, -0.05) is 137 Å². The van der Waals surface area contributed by atoms with Crippen molar-refractivity contribution in [2.45, 2.75) is 227 Å². The molecule has 0 spiro atoms. The Morgan fingerprint density at radius 1 is 0.453 bits per heavy atom. The molecule has 7 nitrogen and oxygen atoms in total. The molecule has 1 amide bonds. The maximum Gasteiger partial charge on any atom is 0.305 e. The predicted octanol–water partition coefficient (Wildman–Crippen LogP) is 12.5. The molecule has 0 aliphatic rings. The monoisotopic (exact) mass is 751 g/mol. The van der Waals surface area contributed by atoms with Crippen LogP contribution < -0.4 is 0 Å². The molecule has 0 fully saturated rings. The van der Waals surface area contributed by atoms with Gasteiger partial charge in [-0.3, -0.25) is 14.4 Å². The molecule has 53 heavy (non-hydrogen) atoms. The zero-order valence-corrected chi connectivity index (χ0v) is 36.5. The maximum atomic E-state index is 12.9. The summed E-state index contributed by atoms with van der Waals surface area (Å²) in [6.07, 6.45) is 31.3. The van der Waals surface area contributed by atoms with Crippen molar-refractivity contribution in [2.24, 2.45) is 11.8 Å². The van der Waals surface area contributed by atoms with Crippen LogP contribution in [0.4, 0.5) is 0 Å². The molecule has 7 heteroatoms. The third-order valence-corrected chi connectivity index (χ3v) is 11.0. The highest BCUT2D eigenvalue weighted by molar-refractivity contribution is 5.73. The molecule has 0 rings (SSSR count). The van der Waals surface area contributed by atoms with E-state index >= 15 is 0 Å². The molecule has 0 heterocycles. The van der Waals surface area contributed by atoms with Gasteiger partial charge in [-0.2, -0.15) is 0 Å². The lowest BCUT2D eigenvalue weighted by molar-refractivity contribution is -0.146. The molecule has 0 radical (unpaired) electrons. The van der Waals surface area contributed by atoms with Gasteiger partial charge in [-0.05, 0) is 96.7 Å². The minimum atomic E-state index is -0.0540. The molecule has 0 aromatic carbocycles. The Morgan fingerprint density at radius 3 is 1.25 bits per heavy atom. The Balaban J connectivity index is 4.85. The molecule has 0 aromatic rings. The Bertz CT molecular complexity index is 800. The number of carbonyl (C=O) groups excluding carboxylic acids is 3. The van der Waals surface area contributed by atoms with Gasteiger partial charge in [0.1, 0.15) is 0 Å². The van der Waals surface area contributed by atoms with Crippen molar-refractivity contribution in [2.75, 3.05) is 40.4 Å². The first-order valence-corrected chi connectivity index (χ1v) is 22.9. The van der Waals surface area contributed by atoms with E-state index in [-0.39, 0.29) is 23.9 Å². The van der Waals surface area contributed by atoms with E-state index in [1.165, 1.54) is 89.9 Å². The fourth-order valence-electron chi connectivity index (χ4n) is 7.49. The van der Waals surface area contributed by atoms with Crippen molar-refractivity contribution in [1.82, 2.24) is 9.80 Å². The van der Waals surface area contributed by atoms with E-state index < -0.39 is 0 Å². The Kier molecular flexibility index (Phi) is 36.2. The number of ether oxygens (including phenoxy) is 2. The second kappa shape index (κ2) is 37.3. The molecular formula is C46H90N2O5. The van der Waals surface area contributed by atoms with Gasteiger partial charge in [-0.15, -0.1) is 0 Å². The molecule has 0 saturated heterocycles. The smallest absolute Gasteiger partial charge is 0.305 e. The van der Waals surface area contributed by atoms with Crippen molar-refractivity contribution < 1.29 is 23.9 Å². The summed E-state index contributed by atoms with van der Waals surface area (Å²) >= 11 is 0. The lowest BCUT2D eigenvalue weighted by Crippen LogP contribution is -2.39. The van der Waals surface area contributed by atoms with Gasteiger partial charge in [0.25, 0.3) is 0 Å². The topological polar surface area (TPSA) is 76.2 Å². The molecule has 0 N–H and O–H groups in total. The number of esters is 2. The predicted molar refractivity (Wildman–Crippen MR) is 225 cm³/mol. The lowest BCUT2D eigenvalue weighted by Gasteiger charge is -2.31. The van der Waals surface area contributed by atoms with Crippen molar-refractivity contribution in [3.05, 3.63) is 0 Å². The van der Waals surface area contributed by atoms with Crippen LogP contribution in [0.25, 0.3) is 0 Å². The number of rotatable bonds is 39. The lowest BCUT2D eigenvalue weighted by atomic mass is 9.96. The summed E-state index contributed by atoms with van der Waals surface area (Å²) < 4.78 is 11.5. The van der Waals surface area contributed by atoms with E-state index in [1.807, 2.05) is 0 Å². The number of unbranched alkanes of at least 4 members (excludes halogenated alkanes) is 14. The van der Waals surface area contributed by atoms with Gasteiger partial charge in [0.2, 0.25) is 5.91 Å². The van der Waals surface area contributed by atoms with E-state index in [9.17, 15) is 14.4 Å². The molecule has 0 saturated carbocycles. The SMILES string of the molecule is CCCCCCC(CCCC)COC(=O)CCCCCC(CCCCCC(=O)OCC(CCCC)CCCCCC)N(CCCCCN(C)C)C(C)=O. The first-order chi connectivity index (χ1) is 25.7. The molecule has 314 valence electrons. The summed E-state index contributed by atoms with van der Waals surface area (Å²) in [7, 11) is 4.22. The fraction of sp³-hybridized carbons (Fsp3) is 0.935. The van der Waals surface area contributed by atoms with Gasteiger partial charge in [0, 0.05) is 32.4 Å². The highest BCUT2D eigenvalue weighted by Crippen LogP contribution is 2.22. The van der Waals surface area contributed by atoms with Gasteiger partial charge >= 0.3 is 11.9 Å². The van der Waals surface area contributed by atoms with Gasteiger partial charge < -0.3 is 19.3 Å². The zero-order chi connectivity index (χ0) is 39.4. The van der Waals surface area contributed by atoms with Crippen molar-refractivity contribution in [3.8, 4) is 0 Å². The van der Waals surface area contributed by atoms with E-state index in [0.717, 1.165) is 96.6 Å². The van der Waals surface area contributed by atoms with Crippen LogP contribution in [0.5, 0.6) is 0 Å². The summed E-state index contributed by atoms with van der Waals surface area (Å²) in [5, 5.41) is 0. The highest BCUT2D eigenvalue weighted by Gasteiger charge is 2.21. The molecule has 0 bridgehead atoms. The first kappa shape index (κ1) is 51.4. The van der Waals surface area contributed by atoms with Crippen LogP contribution in [-0.2, 0) is 23.9 Å². The number of hydrogen-bond donors (Lipinski definition) is 0. The molecule has 0 aliphatic carbocycles. The third-order valence-electron chi connectivity index (χ3n) is 11.0. The van der Waals surface area contributed by atoms with Crippen LogP contribution >= 0.6 is 0 Å². The van der Waals surface area contributed by atoms with Crippen molar-refractivity contribution in [1.29, 1.82) is 0 Å². The number of carbonyl (C=O) groups is 3. The molecule has 2 unspecified atom stereocenters. The summed E-state index contributed by atoms with van der Waals surface area (Å²) in [4.78, 5) is 42.5. The quantitative estimate of drug-likeness (QED) is 0.0460. The molecule has 0 aromatic heterocycles. The normalized spacial score (nSPS) is 13.2. The number of nitrogens with zero attached hydrogens (tertiary/aromatic N) is 2. The molecule has 0 aliphatic heterocycles. The van der Waals surface area contributed by atoms with Crippen molar-refractivity contribution in [3.63, 3.8) is 0 Å². The summed E-state index contributed by atoms with van der Waals surface area (Å²) in [5.41, 5.74) is 0. The van der Waals surface area contributed by atoms with Gasteiger partial charge in [-0.25, -0.2) is 0 Å². The zero-order valence-electron chi connectivity index (χ0n) is 36.5. The van der Waals surface area contributed by atoms with Crippen LogP contribution in [0.1, 0.15) is 221 Å². The third kappa shape index (κ3) is 32.3. The van der Waals surface area contributed by atoms with Gasteiger partial charge in [0.15, 0.2) is 0 Å². The van der Waals surface area contributed by atoms with Crippen LogP contribution in [0, 0.1) is 11.8 Å². The van der Waals surface area contributed by atoms with E-state index in [4.69, 9.17) is 9.47 Å². The Hall–Kier alpha value is -1.63. The second-order valence-electron chi connectivity index (χ2n) is 16.5. The van der Waals surface area contributed by atoms with E-state index in [1.54, 1.807) is 6.92 Å². The maximum absolute atomic E-state index is 12.9. The molecule has 2 atom stereocenters. The van der Waals surface area contributed by atoms with Crippen molar-refractivity contribution >= 4 is 17.8 Å². The Morgan fingerprint density at radius 2 is 0.830 bits per heavy atom. The highest BCUT2D eigenvalue weighted by atomic mass is 16.5. The standard InChI is InChI=1S/C46H90N2O5/c1-8-12-16-21-31-42(29-14-10-3)39-52-45(50)35-25-18-23-33-44(48(41(5)49)38-28-20-27-37-47(6)7)34-24-19-26-36-46(51)53-40-43(30-15-11-4)32-22-17-13-9-2/h42-44H,8-40H2,1-7H3. The van der Waals surface area contributed by atoms with Crippen LogP contribution in [0.3, 0.4) is 0 Å². The fourth-order valence-corrected chi connectivity index (χ4v) is 7.49. The van der Waals surface area contributed by atoms with Gasteiger partial charge in [0.05, 0.1) is 13.2 Å². The summed E-state index contributed by atoms with van der Waals surface area (Å²) in [6.45, 7) is 13.7. The van der Waals surface area contributed by atoms with Crippen LogP contribution in [-0.4, -0.2) is 74.1 Å². The van der Waals surface area contributed by atoms with E-state index in [0.29, 0.717) is 37.9 Å². The largest absolute Gasteiger partial charge is 0.465 e. The average molecular weight is 751 g/mol. The molecular weight excluding hydrogens is 661 g/mol. The minimum Gasteiger partial charge on any atom is -0.465 e. The first-order valence-electron chi connectivity index (χ1n) is 22.9. The number of amides is 1. The van der Waals surface area contributed by atoms with Crippen LogP contribution in [0.2, 0.25) is 0 Å². The van der Waals surface area contributed by atoms with Crippen LogP contribution in [0.15, 0.2) is 0 Å². The Labute approximate surface area is 329 Å². The number of hydrogen-bond acceptors (Lipinski definition) is 6. The average Bonchev–Trinajstić information content (AvgIpc) is 3.13. The minimum absolute atomic E-state index is 0.0540. The summed E-state index contributed by atoms with van der Waals surface area (Å²) in [5.74, 6) is 1.05. The second-order valence-corrected chi connectivity index (χ2v) is 16.5. The summed E-state index contributed by atoms with van der Waals surface area (Å²) in [6, 6.07) is 0.208. The van der Waals surface area contributed by atoms with E-state index in [2.05, 4.69) is 51.6 Å².